The Morgan fingerprint density at radius 3 is 2.73 bits per heavy atom. The van der Waals surface area contributed by atoms with Crippen molar-refractivity contribution in [2.45, 2.75) is 25.8 Å². The fraction of sp³-hybridized carbons (Fsp3) is 0.238. The summed E-state index contributed by atoms with van der Waals surface area (Å²) >= 11 is 0. The first-order valence-corrected chi connectivity index (χ1v) is 8.97. The van der Waals surface area contributed by atoms with Crippen LogP contribution in [0.5, 0.6) is 0 Å². The second kappa shape index (κ2) is 7.04. The molecule has 4 rings (SSSR count). The number of rotatable bonds is 4. The molecule has 2 heterocycles. The van der Waals surface area contributed by atoms with Gasteiger partial charge in [-0.25, -0.2) is 4.68 Å². The van der Waals surface area contributed by atoms with E-state index in [1.165, 1.54) is 5.56 Å². The van der Waals surface area contributed by atoms with Gasteiger partial charge in [-0.1, -0.05) is 36.4 Å². The number of nitrogens with one attached hydrogen (secondary N) is 1. The summed E-state index contributed by atoms with van der Waals surface area (Å²) in [7, 11) is 0. The van der Waals surface area contributed by atoms with Crippen LogP contribution in [0.3, 0.4) is 0 Å². The zero-order valence-corrected chi connectivity index (χ0v) is 14.8. The van der Waals surface area contributed by atoms with E-state index in [0.29, 0.717) is 5.82 Å². The van der Waals surface area contributed by atoms with Crippen LogP contribution in [0.4, 0.5) is 11.5 Å². The van der Waals surface area contributed by atoms with Crippen LogP contribution >= 0.6 is 0 Å². The van der Waals surface area contributed by atoms with Crippen molar-refractivity contribution in [1.82, 2.24) is 9.78 Å². The van der Waals surface area contributed by atoms with E-state index >= 15 is 0 Å². The first-order valence-electron chi connectivity index (χ1n) is 8.97. The number of aryl methyl sites for hydroxylation is 1. The topological polar surface area (TPSA) is 50.2 Å². The van der Waals surface area contributed by atoms with Gasteiger partial charge >= 0.3 is 0 Å². The van der Waals surface area contributed by atoms with E-state index in [1.54, 1.807) is 4.68 Å². The van der Waals surface area contributed by atoms with Crippen molar-refractivity contribution < 1.29 is 4.79 Å². The van der Waals surface area contributed by atoms with Crippen molar-refractivity contribution in [3.8, 4) is 5.69 Å². The molecular formula is C21H22N4O. The Balaban J connectivity index is 1.46. The van der Waals surface area contributed by atoms with Crippen LogP contribution in [0.2, 0.25) is 0 Å². The normalized spacial score (nSPS) is 16.2. The molecule has 5 heteroatoms. The summed E-state index contributed by atoms with van der Waals surface area (Å²) in [5.41, 5.74) is 3.27. The second-order valence-corrected chi connectivity index (χ2v) is 6.61. The van der Waals surface area contributed by atoms with Crippen molar-refractivity contribution in [2.75, 3.05) is 16.8 Å². The third-order valence-corrected chi connectivity index (χ3v) is 4.82. The van der Waals surface area contributed by atoms with Gasteiger partial charge in [0, 0.05) is 24.0 Å². The summed E-state index contributed by atoms with van der Waals surface area (Å²) in [4.78, 5) is 14.8. The van der Waals surface area contributed by atoms with E-state index in [4.69, 9.17) is 0 Å². The number of anilines is 2. The van der Waals surface area contributed by atoms with Crippen molar-refractivity contribution in [1.29, 1.82) is 0 Å². The summed E-state index contributed by atoms with van der Waals surface area (Å²) in [5.74, 6) is 0.763. The van der Waals surface area contributed by atoms with Crippen molar-refractivity contribution in [2.24, 2.45) is 0 Å². The molecular weight excluding hydrogens is 324 g/mol. The van der Waals surface area contributed by atoms with E-state index in [1.807, 2.05) is 65.7 Å². The second-order valence-electron chi connectivity index (χ2n) is 6.61. The molecule has 0 radical (unpaired) electrons. The molecule has 1 atom stereocenters. The summed E-state index contributed by atoms with van der Waals surface area (Å²) < 4.78 is 1.80. The minimum Gasteiger partial charge on any atom is -0.360 e. The standard InChI is InChI=1S/C21H22N4O/c1-16-11-12-17-7-5-6-10-19(17)25(16)21(26)15-22-20-13-14-24(23-20)18-8-3-2-4-9-18/h2-10,13-14,16H,11-12,15H2,1H3,(H,22,23). The Bertz CT molecular complexity index is 903. The van der Waals surface area contributed by atoms with Gasteiger partial charge in [0.2, 0.25) is 5.91 Å². The molecule has 1 amide bonds. The average Bonchev–Trinajstić information content (AvgIpc) is 3.16. The van der Waals surface area contributed by atoms with Gasteiger partial charge in [0.15, 0.2) is 0 Å². The summed E-state index contributed by atoms with van der Waals surface area (Å²) in [6.45, 7) is 2.34. The summed E-state index contributed by atoms with van der Waals surface area (Å²) in [6.07, 6.45) is 3.91. The number of aromatic nitrogens is 2. The van der Waals surface area contributed by atoms with Crippen LogP contribution in [-0.2, 0) is 11.2 Å². The number of para-hydroxylation sites is 2. The van der Waals surface area contributed by atoms with Gasteiger partial charge < -0.3 is 10.2 Å². The van der Waals surface area contributed by atoms with E-state index in [2.05, 4.69) is 23.4 Å². The number of hydrogen-bond donors (Lipinski definition) is 1. The molecule has 2 aromatic carbocycles. The Hall–Kier alpha value is -3.08. The smallest absolute Gasteiger partial charge is 0.246 e. The molecule has 132 valence electrons. The van der Waals surface area contributed by atoms with Crippen LogP contribution in [0.1, 0.15) is 18.9 Å². The van der Waals surface area contributed by atoms with Gasteiger partial charge in [-0.2, -0.15) is 5.10 Å². The fourth-order valence-corrected chi connectivity index (χ4v) is 3.46. The molecule has 1 aliphatic heterocycles. The molecule has 0 saturated heterocycles. The largest absolute Gasteiger partial charge is 0.360 e. The van der Waals surface area contributed by atoms with E-state index in [-0.39, 0.29) is 18.5 Å². The van der Waals surface area contributed by atoms with Crippen LogP contribution in [0, 0.1) is 0 Å². The highest BCUT2D eigenvalue weighted by molar-refractivity contribution is 5.97. The molecule has 5 nitrogen and oxygen atoms in total. The van der Waals surface area contributed by atoms with E-state index in [9.17, 15) is 4.79 Å². The molecule has 3 aromatic rings. The van der Waals surface area contributed by atoms with Crippen molar-refractivity contribution >= 4 is 17.4 Å². The number of carbonyl (C=O) groups excluding carboxylic acids is 1. The SMILES string of the molecule is CC1CCc2ccccc2N1C(=O)CNc1ccn(-c2ccccc2)n1. The highest BCUT2D eigenvalue weighted by Gasteiger charge is 2.27. The maximum atomic E-state index is 12.9. The highest BCUT2D eigenvalue weighted by atomic mass is 16.2. The maximum Gasteiger partial charge on any atom is 0.246 e. The predicted octanol–water partition coefficient (Wildman–Crippen LogP) is 3.65. The maximum absolute atomic E-state index is 12.9. The number of amides is 1. The number of nitrogens with zero attached hydrogens (tertiary/aromatic N) is 3. The van der Waals surface area contributed by atoms with Crippen LogP contribution < -0.4 is 10.2 Å². The lowest BCUT2D eigenvalue weighted by Crippen LogP contribution is -2.44. The average molecular weight is 346 g/mol. The Kier molecular flexibility index (Phi) is 4.44. The molecule has 26 heavy (non-hydrogen) atoms. The minimum atomic E-state index is 0.0684. The van der Waals surface area contributed by atoms with E-state index in [0.717, 1.165) is 24.2 Å². The molecule has 0 aliphatic carbocycles. The molecule has 0 saturated carbocycles. The summed E-state index contributed by atoms with van der Waals surface area (Å²) in [5, 5.41) is 7.66. The number of fused-ring (bicyclic) bond motifs is 1. The lowest BCUT2D eigenvalue weighted by atomic mass is 9.96. The quantitative estimate of drug-likeness (QED) is 0.784. The number of hydrogen-bond acceptors (Lipinski definition) is 3. The Morgan fingerprint density at radius 1 is 1.12 bits per heavy atom. The van der Waals surface area contributed by atoms with Crippen molar-refractivity contribution in [3.63, 3.8) is 0 Å². The van der Waals surface area contributed by atoms with Crippen LogP contribution in [-0.4, -0.2) is 28.3 Å². The van der Waals surface area contributed by atoms with Crippen LogP contribution in [0.25, 0.3) is 5.69 Å². The van der Waals surface area contributed by atoms with Gasteiger partial charge in [0.25, 0.3) is 0 Å². The highest BCUT2D eigenvalue weighted by Crippen LogP contribution is 2.30. The lowest BCUT2D eigenvalue weighted by molar-refractivity contribution is -0.117. The summed E-state index contributed by atoms with van der Waals surface area (Å²) in [6, 6.07) is 20.2. The minimum absolute atomic E-state index is 0.0684. The molecule has 1 N–H and O–H groups in total. The Morgan fingerprint density at radius 2 is 1.88 bits per heavy atom. The molecule has 0 spiro atoms. The van der Waals surface area contributed by atoms with E-state index < -0.39 is 0 Å². The molecule has 1 unspecified atom stereocenters. The van der Waals surface area contributed by atoms with Gasteiger partial charge in [-0.3, -0.25) is 4.79 Å². The zero-order valence-electron chi connectivity index (χ0n) is 14.8. The first kappa shape index (κ1) is 16.4. The third kappa shape index (κ3) is 3.20. The molecule has 1 aliphatic rings. The molecule has 0 fully saturated rings. The number of benzene rings is 2. The molecule has 0 bridgehead atoms. The zero-order chi connectivity index (χ0) is 17.9. The van der Waals surface area contributed by atoms with Gasteiger partial charge in [0.05, 0.1) is 12.2 Å². The lowest BCUT2D eigenvalue weighted by Gasteiger charge is -2.35. The first-order chi connectivity index (χ1) is 12.7. The molecule has 1 aromatic heterocycles. The number of carbonyl (C=O) groups is 1. The Labute approximate surface area is 153 Å². The van der Waals surface area contributed by atoms with Gasteiger partial charge in [0.1, 0.15) is 5.82 Å². The van der Waals surface area contributed by atoms with Gasteiger partial charge in [-0.05, 0) is 43.5 Å². The fourth-order valence-electron chi connectivity index (χ4n) is 3.46. The van der Waals surface area contributed by atoms with Gasteiger partial charge in [-0.15, -0.1) is 0 Å². The predicted molar refractivity (Wildman–Crippen MR) is 104 cm³/mol. The van der Waals surface area contributed by atoms with Crippen LogP contribution in [0.15, 0.2) is 66.9 Å². The monoisotopic (exact) mass is 346 g/mol. The van der Waals surface area contributed by atoms with Crippen molar-refractivity contribution in [3.05, 3.63) is 72.4 Å². The third-order valence-electron chi connectivity index (χ3n) is 4.82.